The number of hydrogen-bond acceptors (Lipinski definition) is 5. The minimum Gasteiger partial charge on any atom is -0.430 e. The van der Waals surface area contributed by atoms with Gasteiger partial charge in [0.25, 0.3) is 0 Å². The summed E-state index contributed by atoms with van der Waals surface area (Å²) in [4.78, 5) is 20.3. The molecule has 0 saturated carbocycles. The molecule has 0 aliphatic carbocycles. The second-order valence-corrected chi connectivity index (χ2v) is 1.30. The van der Waals surface area contributed by atoms with E-state index in [1.54, 1.807) is 0 Å². The third kappa shape index (κ3) is 1.60. The number of carbonyl (C=O) groups is 2. The fourth-order valence-electron chi connectivity index (χ4n) is 0.377. The quantitative estimate of drug-likeness (QED) is 0.350. The Balaban J connectivity index is 2.47. The molecule has 1 aliphatic heterocycles. The summed E-state index contributed by atoms with van der Waals surface area (Å²) in [5.41, 5.74) is 0. The molecule has 0 aromatic rings. The minimum atomic E-state index is -1.00. The van der Waals surface area contributed by atoms with Crippen molar-refractivity contribution in [2.45, 2.75) is 0 Å². The largest absolute Gasteiger partial charge is 0.518 e. The topological polar surface area (TPSA) is 61.8 Å². The van der Waals surface area contributed by atoms with Crippen molar-refractivity contribution in [3.8, 4) is 0 Å². The molecule has 0 bridgehead atoms. The van der Waals surface area contributed by atoms with Crippen LogP contribution >= 0.6 is 0 Å². The van der Waals surface area contributed by atoms with Crippen molar-refractivity contribution in [1.82, 2.24) is 0 Å². The molecule has 1 heterocycles. The van der Waals surface area contributed by atoms with E-state index in [0.717, 1.165) is 0 Å². The maximum atomic E-state index is 10.1. The van der Waals surface area contributed by atoms with Gasteiger partial charge < -0.3 is 14.2 Å². The first kappa shape index (κ1) is 5.87. The highest BCUT2D eigenvalue weighted by Gasteiger charge is 2.16. The Morgan fingerprint density at radius 3 is 1.89 bits per heavy atom. The van der Waals surface area contributed by atoms with E-state index in [9.17, 15) is 9.59 Å². The monoisotopic (exact) mass is 132 g/mol. The molecule has 1 rings (SSSR count). The average Bonchev–Trinajstić information content (AvgIpc) is 1.93. The molecule has 0 N–H and O–H groups in total. The summed E-state index contributed by atoms with van der Waals surface area (Å²) in [6.45, 7) is 0.120. The lowest BCUT2D eigenvalue weighted by molar-refractivity contribution is 0.0777. The molecule has 1 aliphatic rings. The maximum Gasteiger partial charge on any atom is 0.518 e. The first-order chi connectivity index (χ1) is 4.29. The van der Waals surface area contributed by atoms with Crippen molar-refractivity contribution in [3.63, 3.8) is 0 Å². The van der Waals surface area contributed by atoms with Gasteiger partial charge in [-0.15, -0.1) is 0 Å². The predicted octanol–water partition coefficient (Wildman–Crippen LogP) is 0.290. The van der Waals surface area contributed by atoms with Gasteiger partial charge in [0.05, 0.1) is 0 Å². The van der Waals surface area contributed by atoms with Crippen LogP contribution in [0.2, 0.25) is 0 Å². The zero-order valence-corrected chi connectivity index (χ0v) is 4.46. The zero-order valence-electron chi connectivity index (χ0n) is 4.46. The van der Waals surface area contributed by atoms with Crippen LogP contribution < -0.4 is 0 Å². The van der Waals surface area contributed by atoms with Crippen molar-refractivity contribution in [1.29, 1.82) is 0 Å². The highest BCUT2D eigenvalue weighted by Crippen LogP contribution is 1.95. The molecule has 0 unspecified atom stereocenters. The third-order valence-electron chi connectivity index (χ3n) is 0.690. The van der Waals surface area contributed by atoms with Crippen molar-refractivity contribution in [3.05, 3.63) is 0 Å². The molecule has 9 heavy (non-hydrogen) atoms. The molecular formula is C4H4O5. The van der Waals surface area contributed by atoms with Crippen LogP contribution in [0.4, 0.5) is 9.59 Å². The third-order valence-corrected chi connectivity index (χ3v) is 0.690. The number of cyclic esters (lactones) is 4. The normalized spacial score (nSPS) is 19.1. The fourth-order valence-corrected chi connectivity index (χ4v) is 0.377. The first-order valence-electron chi connectivity index (χ1n) is 2.30. The van der Waals surface area contributed by atoms with Gasteiger partial charge in [0.15, 0.2) is 0 Å². The van der Waals surface area contributed by atoms with Crippen LogP contribution in [0.15, 0.2) is 0 Å². The molecule has 1 fully saturated rings. The standard InChI is InChI=1S/C4H4O5/c5-3-7-1-2-8-4(6)9-3/h1-2H2. The van der Waals surface area contributed by atoms with Crippen molar-refractivity contribution in [2.24, 2.45) is 0 Å². The van der Waals surface area contributed by atoms with E-state index in [-0.39, 0.29) is 13.2 Å². The number of rotatable bonds is 0. The number of ether oxygens (including phenoxy) is 3. The van der Waals surface area contributed by atoms with Crippen molar-refractivity contribution in [2.75, 3.05) is 13.2 Å². The zero-order chi connectivity index (χ0) is 6.69. The molecule has 0 spiro atoms. The van der Waals surface area contributed by atoms with Gasteiger partial charge in [-0.2, -0.15) is 0 Å². The summed E-state index contributed by atoms with van der Waals surface area (Å²) >= 11 is 0. The Morgan fingerprint density at radius 1 is 1.00 bits per heavy atom. The average molecular weight is 132 g/mol. The van der Waals surface area contributed by atoms with Crippen LogP contribution in [0.5, 0.6) is 0 Å². The molecule has 0 aromatic heterocycles. The Bertz CT molecular complexity index is 124. The van der Waals surface area contributed by atoms with Gasteiger partial charge in [0.1, 0.15) is 13.2 Å². The van der Waals surface area contributed by atoms with Crippen LogP contribution in [0.1, 0.15) is 0 Å². The van der Waals surface area contributed by atoms with E-state index in [1.807, 2.05) is 0 Å². The van der Waals surface area contributed by atoms with Crippen LogP contribution in [0, 0.1) is 0 Å². The summed E-state index contributed by atoms with van der Waals surface area (Å²) in [6, 6.07) is 0. The first-order valence-corrected chi connectivity index (χ1v) is 2.30. The lowest BCUT2D eigenvalue weighted by Crippen LogP contribution is -2.07. The van der Waals surface area contributed by atoms with E-state index in [1.165, 1.54) is 0 Å². The Hall–Kier alpha value is -1.26. The van der Waals surface area contributed by atoms with Gasteiger partial charge in [-0.05, 0) is 0 Å². The van der Waals surface area contributed by atoms with E-state index in [0.29, 0.717) is 0 Å². The smallest absolute Gasteiger partial charge is 0.430 e. The number of hydrogen-bond donors (Lipinski definition) is 0. The molecular weight excluding hydrogens is 128 g/mol. The molecule has 0 atom stereocenters. The Morgan fingerprint density at radius 2 is 1.44 bits per heavy atom. The van der Waals surface area contributed by atoms with E-state index < -0.39 is 12.3 Å². The summed E-state index contributed by atoms with van der Waals surface area (Å²) in [5, 5.41) is 0. The fraction of sp³-hybridized carbons (Fsp3) is 0.500. The predicted molar refractivity (Wildman–Crippen MR) is 23.8 cm³/mol. The van der Waals surface area contributed by atoms with Gasteiger partial charge in [-0.1, -0.05) is 0 Å². The molecule has 5 heteroatoms. The van der Waals surface area contributed by atoms with E-state index >= 15 is 0 Å². The van der Waals surface area contributed by atoms with Crippen LogP contribution in [0.25, 0.3) is 0 Å². The van der Waals surface area contributed by atoms with Gasteiger partial charge in [0, 0.05) is 0 Å². The molecule has 0 radical (unpaired) electrons. The van der Waals surface area contributed by atoms with Crippen LogP contribution in [0.3, 0.4) is 0 Å². The lowest BCUT2D eigenvalue weighted by Gasteiger charge is -1.91. The van der Waals surface area contributed by atoms with Crippen LogP contribution in [-0.2, 0) is 14.2 Å². The van der Waals surface area contributed by atoms with E-state index in [2.05, 4.69) is 14.2 Å². The minimum absolute atomic E-state index is 0.0601. The highest BCUT2D eigenvalue weighted by atomic mass is 16.8. The SMILES string of the molecule is O=C1OCCOC(=O)O1. The van der Waals surface area contributed by atoms with Crippen molar-refractivity contribution < 1.29 is 23.8 Å². The van der Waals surface area contributed by atoms with Gasteiger partial charge >= 0.3 is 12.3 Å². The summed E-state index contributed by atoms with van der Waals surface area (Å²) < 4.78 is 12.4. The highest BCUT2D eigenvalue weighted by molar-refractivity contribution is 5.77. The molecule has 1 saturated heterocycles. The van der Waals surface area contributed by atoms with E-state index in [4.69, 9.17) is 0 Å². The maximum absolute atomic E-state index is 10.1. The lowest BCUT2D eigenvalue weighted by atomic mass is 10.8. The summed E-state index contributed by atoms with van der Waals surface area (Å²) in [6.07, 6.45) is -2.00. The van der Waals surface area contributed by atoms with Gasteiger partial charge in [-0.25, -0.2) is 9.59 Å². The molecule has 0 amide bonds. The Labute approximate surface area is 50.5 Å². The Kier molecular flexibility index (Phi) is 1.53. The summed E-state index contributed by atoms with van der Waals surface area (Å²) in [5.74, 6) is 0. The van der Waals surface area contributed by atoms with Gasteiger partial charge in [-0.3, -0.25) is 0 Å². The second kappa shape index (κ2) is 2.34. The molecule has 50 valence electrons. The molecule has 5 nitrogen and oxygen atoms in total. The summed E-state index contributed by atoms with van der Waals surface area (Å²) in [7, 11) is 0. The van der Waals surface area contributed by atoms with Crippen LogP contribution in [-0.4, -0.2) is 25.5 Å². The molecule has 0 aromatic carbocycles. The number of carbonyl (C=O) groups excluding carboxylic acids is 2. The second-order valence-electron chi connectivity index (χ2n) is 1.30. The van der Waals surface area contributed by atoms with Gasteiger partial charge in [0.2, 0.25) is 0 Å². The van der Waals surface area contributed by atoms with Crippen molar-refractivity contribution >= 4 is 12.3 Å².